The molecule has 0 aliphatic carbocycles. The maximum absolute atomic E-state index is 11.8. The van der Waals surface area contributed by atoms with Gasteiger partial charge in [0.05, 0.1) is 0 Å². The van der Waals surface area contributed by atoms with E-state index in [1.54, 1.807) is 0 Å². The summed E-state index contributed by atoms with van der Waals surface area (Å²) in [5.41, 5.74) is -0.308. The van der Waals surface area contributed by atoms with E-state index in [4.69, 9.17) is 9.84 Å². The van der Waals surface area contributed by atoms with Gasteiger partial charge in [0, 0.05) is 18.8 Å². The summed E-state index contributed by atoms with van der Waals surface area (Å²) in [7, 11) is 0. The fraction of sp³-hybridized carbons (Fsp3) is 0.909. The first-order chi connectivity index (χ1) is 7.11. The molecule has 0 spiro atoms. The minimum absolute atomic E-state index is 0.0368. The number of carbonyl (C=O) groups is 1. The predicted molar refractivity (Wildman–Crippen MR) is 57.5 cm³/mol. The van der Waals surface area contributed by atoms with Crippen molar-refractivity contribution < 1.29 is 14.6 Å². The molecule has 0 radical (unpaired) electrons. The fourth-order valence-corrected chi connectivity index (χ4v) is 1.74. The monoisotopic (exact) mass is 215 g/mol. The quantitative estimate of drug-likeness (QED) is 0.714. The summed E-state index contributed by atoms with van der Waals surface area (Å²) in [5, 5.41) is 11.9. The molecule has 0 aromatic carbocycles. The van der Waals surface area contributed by atoms with Gasteiger partial charge in [-0.15, -0.1) is 0 Å². The van der Waals surface area contributed by atoms with Gasteiger partial charge in [0.15, 0.2) is 0 Å². The van der Waals surface area contributed by atoms with Crippen molar-refractivity contribution in [1.82, 2.24) is 5.32 Å². The fourth-order valence-electron chi connectivity index (χ4n) is 1.74. The summed E-state index contributed by atoms with van der Waals surface area (Å²) >= 11 is 0. The summed E-state index contributed by atoms with van der Waals surface area (Å²) in [6.07, 6.45) is 2.88. The third kappa shape index (κ3) is 3.47. The molecule has 15 heavy (non-hydrogen) atoms. The third-order valence-corrected chi connectivity index (χ3v) is 3.09. The van der Waals surface area contributed by atoms with Gasteiger partial charge in [-0.05, 0) is 32.6 Å². The molecule has 4 nitrogen and oxygen atoms in total. The molecule has 1 saturated heterocycles. The lowest BCUT2D eigenvalue weighted by molar-refractivity contribution is -0.132. The minimum Gasteiger partial charge on any atom is -0.396 e. The van der Waals surface area contributed by atoms with E-state index < -0.39 is 0 Å². The van der Waals surface area contributed by atoms with Crippen LogP contribution in [0.15, 0.2) is 0 Å². The molecule has 0 aromatic rings. The number of aliphatic hydroxyl groups excluding tert-OH is 1. The SMILES string of the molecule is CCC(C)(CCO)NC(=O)[C@@H]1CCCO1. The number of hydrogen-bond acceptors (Lipinski definition) is 3. The zero-order chi connectivity index (χ0) is 11.3. The van der Waals surface area contributed by atoms with Crippen molar-refractivity contribution in [1.29, 1.82) is 0 Å². The summed E-state index contributed by atoms with van der Waals surface area (Å²) in [6, 6.07) is 0. The molecule has 1 amide bonds. The number of ether oxygens (including phenoxy) is 1. The molecule has 1 heterocycles. The summed E-state index contributed by atoms with van der Waals surface area (Å²) in [6.45, 7) is 4.73. The van der Waals surface area contributed by atoms with E-state index in [1.165, 1.54) is 0 Å². The van der Waals surface area contributed by atoms with E-state index in [1.807, 2.05) is 13.8 Å². The van der Waals surface area contributed by atoms with Crippen LogP contribution >= 0.6 is 0 Å². The van der Waals surface area contributed by atoms with Crippen molar-refractivity contribution in [3.63, 3.8) is 0 Å². The summed E-state index contributed by atoms with van der Waals surface area (Å²) in [4.78, 5) is 11.8. The van der Waals surface area contributed by atoms with Crippen molar-refractivity contribution in [2.75, 3.05) is 13.2 Å². The standard InChI is InChI=1S/C11H21NO3/c1-3-11(2,6-7-13)12-10(14)9-5-4-8-15-9/h9,13H,3-8H2,1-2H3,(H,12,14)/t9-,11?/m0/s1. The second-order valence-electron chi connectivity index (χ2n) is 4.38. The van der Waals surface area contributed by atoms with Crippen LogP contribution in [-0.4, -0.2) is 35.9 Å². The van der Waals surface area contributed by atoms with E-state index >= 15 is 0 Å². The van der Waals surface area contributed by atoms with Crippen LogP contribution < -0.4 is 5.32 Å². The zero-order valence-electron chi connectivity index (χ0n) is 9.58. The molecule has 1 aliphatic heterocycles. The second kappa shape index (κ2) is 5.47. The Morgan fingerprint density at radius 3 is 2.87 bits per heavy atom. The van der Waals surface area contributed by atoms with Crippen molar-refractivity contribution >= 4 is 5.91 Å². The van der Waals surface area contributed by atoms with Crippen LogP contribution in [0.3, 0.4) is 0 Å². The Morgan fingerprint density at radius 2 is 2.40 bits per heavy atom. The van der Waals surface area contributed by atoms with E-state index in [0.717, 1.165) is 19.3 Å². The average Bonchev–Trinajstić information content (AvgIpc) is 2.71. The Balaban J connectivity index is 2.46. The molecule has 0 bridgehead atoms. The average molecular weight is 215 g/mol. The smallest absolute Gasteiger partial charge is 0.249 e. The van der Waals surface area contributed by atoms with Crippen LogP contribution in [0.25, 0.3) is 0 Å². The molecular weight excluding hydrogens is 194 g/mol. The van der Waals surface area contributed by atoms with Crippen LogP contribution in [0.5, 0.6) is 0 Å². The number of nitrogens with one attached hydrogen (secondary N) is 1. The number of hydrogen-bond donors (Lipinski definition) is 2. The van der Waals surface area contributed by atoms with Gasteiger partial charge in [0.2, 0.25) is 5.91 Å². The molecule has 1 unspecified atom stereocenters. The van der Waals surface area contributed by atoms with Crippen molar-refractivity contribution in [3.05, 3.63) is 0 Å². The first kappa shape index (κ1) is 12.5. The lowest BCUT2D eigenvalue weighted by Crippen LogP contribution is -2.49. The van der Waals surface area contributed by atoms with Gasteiger partial charge in [-0.25, -0.2) is 0 Å². The predicted octanol–water partition coefficient (Wildman–Crippen LogP) is 0.833. The van der Waals surface area contributed by atoms with E-state index in [9.17, 15) is 4.79 Å². The van der Waals surface area contributed by atoms with Gasteiger partial charge in [-0.2, -0.15) is 0 Å². The maximum atomic E-state index is 11.8. The Hall–Kier alpha value is -0.610. The second-order valence-corrected chi connectivity index (χ2v) is 4.38. The highest BCUT2D eigenvalue weighted by molar-refractivity contribution is 5.81. The first-order valence-electron chi connectivity index (χ1n) is 5.66. The molecular formula is C11H21NO3. The van der Waals surface area contributed by atoms with E-state index in [2.05, 4.69) is 5.32 Å². The molecule has 4 heteroatoms. The normalized spacial score (nSPS) is 24.9. The zero-order valence-corrected chi connectivity index (χ0v) is 9.58. The van der Waals surface area contributed by atoms with Gasteiger partial charge in [0.1, 0.15) is 6.10 Å². The van der Waals surface area contributed by atoms with Gasteiger partial charge < -0.3 is 15.2 Å². The minimum atomic E-state index is -0.308. The van der Waals surface area contributed by atoms with Gasteiger partial charge in [-0.1, -0.05) is 6.92 Å². The highest BCUT2D eigenvalue weighted by Gasteiger charge is 2.30. The highest BCUT2D eigenvalue weighted by Crippen LogP contribution is 2.17. The molecule has 0 aromatic heterocycles. The Bertz CT molecular complexity index is 214. The van der Waals surface area contributed by atoms with Crippen LogP contribution in [-0.2, 0) is 9.53 Å². The lowest BCUT2D eigenvalue weighted by Gasteiger charge is -2.30. The Labute approximate surface area is 91.0 Å². The number of carbonyl (C=O) groups excluding carboxylic acids is 1. The van der Waals surface area contributed by atoms with Crippen LogP contribution in [0.1, 0.15) is 39.5 Å². The van der Waals surface area contributed by atoms with Crippen LogP contribution in [0, 0.1) is 0 Å². The maximum Gasteiger partial charge on any atom is 0.249 e. The summed E-state index contributed by atoms with van der Waals surface area (Å²) < 4.78 is 5.31. The highest BCUT2D eigenvalue weighted by atomic mass is 16.5. The molecule has 2 N–H and O–H groups in total. The van der Waals surface area contributed by atoms with E-state index in [0.29, 0.717) is 13.0 Å². The number of amides is 1. The Kier molecular flexibility index (Phi) is 4.54. The molecule has 88 valence electrons. The molecule has 0 saturated carbocycles. The van der Waals surface area contributed by atoms with Crippen LogP contribution in [0.4, 0.5) is 0 Å². The largest absolute Gasteiger partial charge is 0.396 e. The molecule has 2 atom stereocenters. The first-order valence-corrected chi connectivity index (χ1v) is 5.66. The van der Waals surface area contributed by atoms with Crippen molar-refractivity contribution in [2.45, 2.75) is 51.2 Å². The number of aliphatic hydroxyl groups is 1. The van der Waals surface area contributed by atoms with Crippen molar-refractivity contribution in [2.24, 2.45) is 0 Å². The van der Waals surface area contributed by atoms with Gasteiger partial charge in [-0.3, -0.25) is 4.79 Å². The Morgan fingerprint density at radius 1 is 1.67 bits per heavy atom. The van der Waals surface area contributed by atoms with Gasteiger partial charge >= 0.3 is 0 Å². The molecule has 1 rings (SSSR count). The third-order valence-electron chi connectivity index (χ3n) is 3.09. The van der Waals surface area contributed by atoms with Gasteiger partial charge in [0.25, 0.3) is 0 Å². The summed E-state index contributed by atoms with van der Waals surface area (Å²) in [5.74, 6) is -0.0368. The molecule has 1 aliphatic rings. The van der Waals surface area contributed by atoms with Crippen molar-refractivity contribution in [3.8, 4) is 0 Å². The molecule has 1 fully saturated rings. The number of rotatable bonds is 5. The van der Waals surface area contributed by atoms with Crippen LogP contribution in [0.2, 0.25) is 0 Å². The van der Waals surface area contributed by atoms with E-state index in [-0.39, 0.29) is 24.2 Å². The lowest BCUT2D eigenvalue weighted by atomic mass is 9.94. The topological polar surface area (TPSA) is 58.6 Å².